The molecule has 0 atom stereocenters. The second-order valence-corrected chi connectivity index (χ2v) is 6.33. The Labute approximate surface area is 150 Å². The van der Waals surface area contributed by atoms with Gasteiger partial charge in [0.25, 0.3) is 0 Å². The van der Waals surface area contributed by atoms with E-state index in [9.17, 15) is 0 Å². The third-order valence-corrected chi connectivity index (χ3v) is 4.80. The van der Waals surface area contributed by atoms with Crippen LogP contribution in [-0.2, 0) is 0 Å². The van der Waals surface area contributed by atoms with Crippen LogP contribution in [0.5, 0.6) is 0 Å². The molecule has 5 nitrogen and oxygen atoms in total. The zero-order valence-electron chi connectivity index (χ0n) is 13.8. The van der Waals surface area contributed by atoms with E-state index in [4.69, 9.17) is 9.97 Å². The van der Waals surface area contributed by atoms with Crippen molar-refractivity contribution in [2.24, 2.45) is 0 Å². The van der Waals surface area contributed by atoms with Crippen LogP contribution < -0.4 is 4.90 Å². The molecule has 0 fully saturated rings. The predicted molar refractivity (Wildman–Crippen MR) is 104 cm³/mol. The molecule has 0 bridgehead atoms. The highest BCUT2D eigenvalue weighted by molar-refractivity contribution is 6.39. The maximum Gasteiger partial charge on any atom is 0.406 e. The van der Waals surface area contributed by atoms with Crippen LogP contribution in [0.3, 0.4) is 0 Å². The molecule has 0 aliphatic carbocycles. The molecule has 5 aromatic rings. The summed E-state index contributed by atoms with van der Waals surface area (Å²) in [6, 6.07) is 26.6. The fourth-order valence-corrected chi connectivity index (χ4v) is 3.62. The number of aromatic nitrogens is 4. The average molecular weight is 334 g/mol. The highest BCUT2D eigenvalue weighted by atomic mass is 15.4. The number of fused-ring (bicyclic) bond motifs is 6. The number of anilines is 3. The van der Waals surface area contributed by atoms with Crippen molar-refractivity contribution in [3.8, 4) is 0 Å². The van der Waals surface area contributed by atoms with E-state index in [1.165, 1.54) is 0 Å². The fraction of sp³-hybridized carbons (Fsp3) is 0. The van der Waals surface area contributed by atoms with Crippen molar-refractivity contribution in [3.05, 3.63) is 78.9 Å². The van der Waals surface area contributed by atoms with Crippen molar-refractivity contribution >= 4 is 47.2 Å². The van der Waals surface area contributed by atoms with Gasteiger partial charge < -0.3 is 8.96 Å². The van der Waals surface area contributed by atoms with E-state index < -0.39 is 0 Å². The maximum atomic E-state index is 4.88. The number of hydrogen-bond acceptors (Lipinski definition) is 3. The molecule has 0 saturated heterocycles. The van der Waals surface area contributed by atoms with Gasteiger partial charge in [0.1, 0.15) is 0 Å². The molecule has 0 saturated carbocycles. The minimum Gasteiger partial charge on any atom is -0.336 e. The fourth-order valence-electron chi connectivity index (χ4n) is 3.62. The highest BCUT2D eigenvalue weighted by Crippen LogP contribution is 2.39. The van der Waals surface area contributed by atoms with Gasteiger partial charge in [-0.2, -0.15) is 0 Å². The van der Waals surface area contributed by atoms with Gasteiger partial charge in [-0.1, -0.05) is 42.5 Å². The first-order chi connectivity index (χ1) is 12.9. The smallest absolute Gasteiger partial charge is 0.336 e. The zero-order valence-corrected chi connectivity index (χ0v) is 13.8. The molecule has 1 radical (unpaired) electrons. The van der Waals surface area contributed by atoms with Gasteiger partial charge in [-0.15, -0.1) is 0 Å². The first-order valence-electron chi connectivity index (χ1n) is 8.54. The van der Waals surface area contributed by atoms with Crippen LogP contribution in [0, 0.1) is 0 Å². The Morgan fingerprint density at radius 2 is 1.08 bits per heavy atom. The largest absolute Gasteiger partial charge is 0.406 e. The van der Waals surface area contributed by atoms with Gasteiger partial charge in [0, 0.05) is 0 Å². The Balaban J connectivity index is 1.71. The molecular formula is C20H13BN5. The van der Waals surface area contributed by atoms with Gasteiger partial charge in [-0.05, 0) is 36.4 Å². The van der Waals surface area contributed by atoms with Crippen LogP contribution in [-0.4, -0.2) is 26.5 Å². The van der Waals surface area contributed by atoms with E-state index in [2.05, 4.69) is 45.7 Å². The third kappa shape index (κ3) is 1.76. The van der Waals surface area contributed by atoms with E-state index in [1.807, 2.05) is 54.6 Å². The van der Waals surface area contributed by atoms with Gasteiger partial charge in [0.2, 0.25) is 11.9 Å². The normalized spacial score (nSPS) is 12.8. The van der Waals surface area contributed by atoms with Gasteiger partial charge in [0.05, 0.1) is 27.8 Å². The SMILES string of the molecule is [B]1n2c(nc3ccccc32)N(c2ccccc2)c2nc3ccccc3n21. The zero-order chi connectivity index (χ0) is 17.1. The number of nitrogens with zero attached hydrogens (tertiary/aromatic N) is 5. The highest BCUT2D eigenvalue weighted by Gasteiger charge is 2.31. The summed E-state index contributed by atoms with van der Waals surface area (Å²) in [4.78, 5) is 11.9. The third-order valence-electron chi connectivity index (χ3n) is 4.80. The van der Waals surface area contributed by atoms with Crippen molar-refractivity contribution in [2.45, 2.75) is 0 Å². The second kappa shape index (κ2) is 4.99. The Hall–Kier alpha value is -3.54. The van der Waals surface area contributed by atoms with E-state index in [-0.39, 0.29) is 0 Å². The van der Waals surface area contributed by atoms with Crippen LogP contribution in [0.1, 0.15) is 0 Å². The van der Waals surface area contributed by atoms with E-state index in [0.29, 0.717) is 0 Å². The average Bonchev–Trinajstić information content (AvgIpc) is 3.25. The molecule has 3 heterocycles. The van der Waals surface area contributed by atoms with Crippen molar-refractivity contribution in [2.75, 3.05) is 4.90 Å². The number of benzene rings is 3. The minimum absolute atomic E-state index is 0.847. The summed E-state index contributed by atoms with van der Waals surface area (Å²) in [5.41, 5.74) is 5.12. The van der Waals surface area contributed by atoms with Crippen LogP contribution in [0.25, 0.3) is 22.1 Å². The second-order valence-electron chi connectivity index (χ2n) is 6.33. The van der Waals surface area contributed by atoms with Crippen molar-refractivity contribution < 1.29 is 0 Å². The lowest BCUT2D eigenvalue weighted by molar-refractivity contribution is 0.976. The molecule has 3 aromatic carbocycles. The van der Waals surface area contributed by atoms with Gasteiger partial charge in [0.15, 0.2) is 0 Å². The first-order valence-corrected chi connectivity index (χ1v) is 8.54. The molecule has 6 heteroatoms. The molecule has 0 unspecified atom stereocenters. The lowest BCUT2D eigenvalue weighted by Gasteiger charge is -2.29. The maximum absolute atomic E-state index is 4.88. The van der Waals surface area contributed by atoms with Crippen molar-refractivity contribution in [3.63, 3.8) is 0 Å². The predicted octanol–water partition coefficient (Wildman–Crippen LogP) is 4.10. The van der Waals surface area contributed by atoms with Crippen molar-refractivity contribution in [1.29, 1.82) is 0 Å². The van der Waals surface area contributed by atoms with Crippen LogP contribution in [0.15, 0.2) is 78.9 Å². The molecule has 0 N–H and O–H groups in total. The van der Waals surface area contributed by atoms with Crippen LogP contribution in [0.2, 0.25) is 0 Å². The summed E-state index contributed by atoms with van der Waals surface area (Å²) in [7, 11) is 2.08. The Morgan fingerprint density at radius 1 is 0.577 bits per heavy atom. The number of para-hydroxylation sites is 5. The molecule has 2 aromatic heterocycles. The van der Waals surface area contributed by atoms with Gasteiger partial charge >= 0.3 is 7.55 Å². The van der Waals surface area contributed by atoms with Crippen LogP contribution >= 0.6 is 0 Å². The summed E-state index contributed by atoms with van der Waals surface area (Å²) in [5.74, 6) is 1.69. The minimum atomic E-state index is 0.847. The van der Waals surface area contributed by atoms with E-state index in [1.54, 1.807) is 0 Å². The molecular weight excluding hydrogens is 321 g/mol. The number of rotatable bonds is 1. The van der Waals surface area contributed by atoms with E-state index >= 15 is 0 Å². The molecule has 121 valence electrons. The molecule has 6 rings (SSSR count). The Kier molecular flexibility index (Phi) is 2.63. The van der Waals surface area contributed by atoms with Gasteiger partial charge in [-0.25, -0.2) is 9.97 Å². The van der Waals surface area contributed by atoms with E-state index in [0.717, 1.165) is 39.7 Å². The molecule has 26 heavy (non-hydrogen) atoms. The lowest BCUT2D eigenvalue weighted by atomic mass is 10.1. The summed E-state index contributed by atoms with van der Waals surface area (Å²) in [5, 5.41) is 0. The number of imidazole rings is 2. The Morgan fingerprint density at radius 3 is 1.65 bits per heavy atom. The number of hydrogen-bond donors (Lipinski definition) is 0. The van der Waals surface area contributed by atoms with Gasteiger partial charge in [-0.3, -0.25) is 4.90 Å². The van der Waals surface area contributed by atoms with Crippen LogP contribution in [0.4, 0.5) is 17.6 Å². The summed E-state index contributed by atoms with van der Waals surface area (Å²) >= 11 is 0. The summed E-state index contributed by atoms with van der Waals surface area (Å²) < 4.78 is 4.26. The quantitative estimate of drug-likeness (QED) is 0.425. The monoisotopic (exact) mass is 334 g/mol. The standard InChI is InChI=1S/C20H13BN5/c1-2-8-14(9-3-1)24-19-22-15-10-4-6-12-17(15)25(19)21-26-18-13-7-5-11-16(18)23-20(24)26/h1-13H. The molecule has 1 aliphatic heterocycles. The molecule has 0 spiro atoms. The Bertz CT molecular complexity index is 1190. The lowest BCUT2D eigenvalue weighted by Crippen LogP contribution is -2.31. The summed E-state index contributed by atoms with van der Waals surface area (Å²) in [6.07, 6.45) is 0. The molecule has 1 aliphatic rings. The van der Waals surface area contributed by atoms with Crippen molar-refractivity contribution in [1.82, 2.24) is 18.9 Å². The first kappa shape index (κ1) is 13.7. The topological polar surface area (TPSA) is 38.9 Å². The molecule has 0 amide bonds. The summed E-state index contributed by atoms with van der Waals surface area (Å²) in [6.45, 7) is 0.